The smallest absolute Gasteiger partial charge is 0.407 e. The third-order valence-electron chi connectivity index (χ3n) is 12.9. The minimum atomic E-state index is -2.14. The van der Waals surface area contributed by atoms with E-state index in [4.69, 9.17) is 45.1 Å². The summed E-state index contributed by atoms with van der Waals surface area (Å²) in [4.78, 5) is 48.1. The van der Waals surface area contributed by atoms with Gasteiger partial charge in [0.2, 0.25) is 0 Å². The number of ether oxygens (including phenoxy) is 5. The normalized spacial score (nSPS) is 23.5. The van der Waals surface area contributed by atoms with E-state index in [-0.39, 0.29) is 24.8 Å². The third kappa shape index (κ3) is 25.0. The fourth-order valence-corrected chi connectivity index (χ4v) is 9.28. The third-order valence-corrected chi connectivity index (χ3v) is 13.4. The molecular formula is C51H93ClN2O12. The molecule has 0 bridgehead atoms. The van der Waals surface area contributed by atoms with Crippen molar-refractivity contribution in [1.82, 2.24) is 10.6 Å². The number of unbranched alkanes of at least 4 members (excludes halogenated alkanes) is 18. The lowest BCUT2D eigenvalue weighted by molar-refractivity contribution is -0.350. The molecule has 1 aliphatic heterocycles. The summed E-state index contributed by atoms with van der Waals surface area (Å²) >= 11 is 6.32. The van der Waals surface area contributed by atoms with Crippen LogP contribution in [-0.2, 0) is 43.0 Å². The lowest BCUT2D eigenvalue weighted by Gasteiger charge is -2.48. The largest absolute Gasteiger partial charge is 0.459 e. The highest BCUT2D eigenvalue weighted by Crippen LogP contribution is 2.55. The molecule has 0 radical (unpaired) electrons. The van der Waals surface area contributed by atoms with Gasteiger partial charge in [0.15, 0.2) is 13.2 Å². The van der Waals surface area contributed by atoms with Crippen LogP contribution in [0.15, 0.2) is 11.6 Å². The van der Waals surface area contributed by atoms with E-state index >= 15 is 0 Å². The highest BCUT2D eigenvalue weighted by molar-refractivity contribution is 6.18. The molecule has 386 valence electrons. The first-order valence-electron chi connectivity index (χ1n) is 25.9. The number of rotatable bonds is 41. The number of carbonyl (C=O) groups is 3. The van der Waals surface area contributed by atoms with E-state index in [1.807, 2.05) is 27.7 Å². The maximum absolute atomic E-state index is 12.8. The molecule has 2 fully saturated rings. The molecule has 66 heavy (non-hydrogen) atoms. The van der Waals surface area contributed by atoms with Gasteiger partial charge in [0, 0.05) is 33.0 Å². The maximum Gasteiger partial charge on any atom is 0.407 e. The Kier molecular flexibility index (Phi) is 32.0. The first-order valence-corrected chi connectivity index (χ1v) is 26.4. The quantitative estimate of drug-likeness (QED) is 0.00523. The predicted molar refractivity (Wildman–Crippen MR) is 259 cm³/mol. The van der Waals surface area contributed by atoms with Gasteiger partial charge in [0.05, 0.1) is 30.1 Å². The molecule has 1 saturated carbocycles. The van der Waals surface area contributed by atoms with Crippen LogP contribution in [0.5, 0.6) is 0 Å². The van der Waals surface area contributed by atoms with Gasteiger partial charge in [-0.15, -0.1) is 11.6 Å². The van der Waals surface area contributed by atoms with Crippen molar-refractivity contribution in [3.05, 3.63) is 11.6 Å². The lowest BCUT2D eigenvalue weighted by Crippen LogP contribution is -2.61. The fourth-order valence-electron chi connectivity index (χ4n) is 8.98. The highest BCUT2D eigenvalue weighted by Gasteiger charge is 2.67. The van der Waals surface area contributed by atoms with E-state index in [0.29, 0.717) is 51.8 Å². The number of alkyl carbamates (subject to hydrolysis) is 1. The van der Waals surface area contributed by atoms with Crippen molar-refractivity contribution >= 4 is 29.6 Å². The molecular weight excluding hydrogens is 868 g/mol. The topological polar surface area (TPSA) is 184 Å². The average molecular weight is 962 g/mol. The molecule has 7 atom stereocenters. The first kappa shape index (κ1) is 60.1. The number of methoxy groups -OCH3 is 1. The molecule has 1 unspecified atom stereocenters. The average Bonchev–Trinajstić information content (AvgIpc) is 3.96. The minimum absolute atomic E-state index is 0.0349. The summed E-state index contributed by atoms with van der Waals surface area (Å²) in [7, 11) is 1.57. The number of esters is 2. The number of hydrogen-bond donors (Lipinski definition) is 4. The van der Waals surface area contributed by atoms with Crippen molar-refractivity contribution in [1.29, 1.82) is 0 Å². The van der Waals surface area contributed by atoms with Gasteiger partial charge in [0.25, 0.3) is 5.79 Å². The minimum Gasteiger partial charge on any atom is -0.459 e. The molecule has 1 heterocycles. The zero-order chi connectivity index (χ0) is 48.5. The zero-order valence-corrected chi connectivity index (χ0v) is 42.8. The number of halogens is 1. The van der Waals surface area contributed by atoms with Gasteiger partial charge in [0.1, 0.15) is 17.8 Å². The Morgan fingerprint density at radius 1 is 0.773 bits per heavy atom. The summed E-state index contributed by atoms with van der Waals surface area (Å²) in [6.45, 7) is 11.3. The van der Waals surface area contributed by atoms with E-state index in [0.717, 1.165) is 57.9 Å². The number of epoxide rings is 1. The molecule has 1 amide bonds. The predicted octanol–water partition coefficient (Wildman–Crippen LogP) is 10.3. The molecule has 1 aliphatic carbocycles. The van der Waals surface area contributed by atoms with Crippen LogP contribution >= 0.6 is 11.6 Å². The number of hydrogen-bond acceptors (Lipinski definition) is 13. The van der Waals surface area contributed by atoms with Crippen LogP contribution in [0.25, 0.3) is 0 Å². The van der Waals surface area contributed by atoms with E-state index in [9.17, 15) is 24.6 Å². The molecule has 15 heteroatoms. The second kappa shape index (κ2) is 35.1. The van der Waals surface area contributed by atoms with Crippen molar-refractivity contribution in [2.75, 3.05) is 52.4 Å². The zero-order valence-electron chi connectivity index (χ0n) is 42.1. The second-order valence-electron chi connectivity index (χ2n) is 19.3. The van der Waals surface area contributed by atoms with Gasteiger partial charge in [-0.1, -0.05) is 135 Å². The van der Waals surface area contributed by atoms with Gasteiger partial charge in [-0.25, -0.2) is 14.6 Å². The lowest BCUT2D eigenvalue weighted by atomic mass is 9.66. The molecule has 2 rings (SSSR count). The Balaban J connectivity index is 1.55. The Morgan fingerprint density at radius 3 is 1.91 bits per heavy atom. The van der Waals surface area contributed by atoms with E-state index < -0.39 is 66.4 Å². The summed E-state index contributed by atoms with van der Waals surface area (Å²) in [5.74, 6) is -3.60. The molecule has 0 aromatic carbocycles. The molecule has 4 N–H and O–H groups in total. The van der Waals surface area contributed by atoms with Gasteiger partial charge >= 0.3 is 18.0 Å². The Bertz CT molecular complexity index is 1340. The van der Waals surface area contributed by atoms with Crippen LogP contribution in [0.1, 0.15) is 202 Å². The Labute approximate surface area is 403 Å². The van der Waals surface area contributed by atoms with Crippen molar-refractivity contribution in [2.24, 2.45) is 5.92 Å². The monoisotopic (exact) mass is 961 g/mol. The van der Waals surface area contributed by atoms with Crippen LogP contribution < -0.4 is 10.6 Å². The summed E-state index contributed by atoms with van der Waals surface area (Å²) in [6, 6.07) is 0. The van der Waals surface area contributed by atoms with Gasteiger partial charge < -0.3 is 44.5 Å². The Morgan fingerprint density at radius 2 is 1.35 bits per heavy atom. The van der Waals surface area contributed by atoms with Crippen molar-refractivity contribution < 1.29 is 58.1 Å². The molecule has 0 aromatic heterocycles. The number of alkyl halides is 1. The van der Waals surface area contributed by atoms with Crippen molar-refractivity contribution in [3.8, 4) is 0 Å². The summed E-state index contributed by atoms with van der Waals surface area (Å²) in [6.07, 6.45) is 25.5. The SMILES string of the molecule is CCCCCCCCCCCCCCCCC(=O)OCC(O)(COOCCC)OC(=O)CCCCCCCCNCCNC(=O)O[C@@H]1CC[C@](O)(CCl)[C@@H]([C@@]2(C)O[C@@H]2CC=C(C)C)[C@@H]1OC. The first-order chi connectivity index (χ1) is 31.8. The van der Waals surface area contributed by atoms with Gasteiger partial charge in [-0.3, -0.25) is 9.59 Å². The summed E-state index contributed by atoms with van der Waals surface area (Å²) < 4.78 is 28.5. The number of aliphatic hydroxyl groups is 2. The van der Waals surface area contributed by atoms with Crippen LogP contribution in [0.4, 0.5) is 4.79 Å². The van der Waals surface area contributed by atoms with Gasteiger partial charge in [-0.2, -0.15) is 0 Å². The molecule has 2 aliphatic rings. The van der Waals surface area contributed by atoms with Gasteiger partial charge in [-0.05, 0) is 72.3 Å². The van der Waals surface area contributed by atoms with Crippen molar-refractivity contribution in [2.45, 2.75) is 237 Å². The maximum atomic E-state index is 12.8. The van der Waals surface area contributed by atoms with Crippen LogP contribution in [0, 0.1) is 5.92 Å². The van der Waals surface area contributed by atoms with Crippen LogP contribution in [0.3, 0.4) is 0 Å². The summed E-state index contributed by atoms with van der Waals surface area (Å²) in [5, 5.41) is 28.7. The number of allylic oxidation sites excluding steroid dienone is 1. The molecule has 14 nitrogen and oxygen atoms in total. The molecule has 1 saturated heterocycles. The number of carbonyl (C=O) groups excluding carboxylic acids is 3. The summed E-state index contributed by atoms with van der Waals surface area (Å²) in [5.41, 5.74) is -0.656. The number of amides is 1. The molecule has 0 spiro atoms. The second-order valence-corrected chi connectivity index (χ2v) is 19.5. The van der Waals surface area contributed by atoms with Crippen LogP contribution in [0.2, 0.25) is 0 Å². The van der Waals surface area contributed by atoms with E-state index in [2.05, 4.69) is 23.6 Å². The number of nitrogens with one attached hydrogen (secondary N) is 2. The standard InChI is InChI=1S/C51H93ClN2O12/c1-7-9-10-11-12-13-14-15-16-17-18-19-22-25-28-44(55)61-39-51(59,40-63-62-37-8-2)66-45(56)29-26-23-20-21-24-27-34-53-35-36-54-48(57)64-42-32-33-50(58,38-52)47(46(42)60-6)49(5)43(65-49)31-30-41(3)4/h30,42-43,46-47,53,58-59H,7-29,31-40H2,1-6H3,(H,54,57)/t42-,43-,46-,47-,49+,50+,51?/m1/s1. The van der Waals surface area contributed by atoms with Crippen LogP contribution in [-0.4, -0.2) is 116 Å². The fraction of sp³-hybridized carbons (Fsp3) is 0.902. The highest BCUT2D eigenvalue weighted by atomic mass is 35.5. The Hall–Kier alpha value is -2.04. The van der Waals surface area contributed by atoms with E-state index in [1.54, 1.807) is 7.11 Å². The van der Waals surface area contributed by atoms with E-state index in [1.165, 1.54) is 76.2 Å². The molecule has 0 aromatic rings. The van der Waals surface area contributed by atoms with Crippen molar-refractivity contribution in [3.63, 3.8) is 0 Å².